The number of hydrogen-bond donors (Lipinski definition) is 2. The van der Waals surface area contributed by atoms with Crippen LogP contribution >= 0.6 is 11.3 Å². The van der Waals surface area contributed by atoms with E-state index in [-0.39, 0.29) is 18.6 Å². The van der Waals surface area contributed by atoms with Crippen molar-refractivity contribution in [3.05, 3.63) is 35.5 Å². The van der Waals surface area contributed by atoms with Crippen molar-refractivity contribution in [2.75, 3.05) is 11.9 Å². The van der Waals surface area contributed by atoms with E-state index >= 15 is 0 Å². The van der Waals surface area contributed by atoms with Crippen molar-refractivity contribution in [2.24, 2.45) is 5.73 Å². The van der Waals surface area contributed by atoms with Crippen LogP contribution in [0.3, 0.4) is 0 Å². The molecule has 7 heteroatoms. The maximum atomic E-state index is 11.5. The number of nitrogens with two attached hydrogens (primary N) is 1. The smallest absolute Gasteiger partial charge is 0.262 e. The number of benzene rings is 1. The molecular formula is C16H16N4O2S. The van der Waals surface area contributed by atoms with Crippen LogP contribution in [-0.2, 0) is 11.2 Å². The number of nitrogens with zero attached hydrogens (tertiary/aromatic N) is 2. The van der Waals surface area contributed by atoms with Gasteiger partial charge in [-0.1, -0.05) is 0 Å². The van der Waals surface area contributed by atoms with Gasteiger partial charge in [0.1, 0.15) is 5.75 Å². The molecule has 23 heavy (non-hydrogen) atoms. The van der Waals surface area contributed by atoms with Crippen LogP contribution in [0.5, 0.6) is 5.75 Å². The van der Waals surface area contributed by atoms with Crippen molar-refractivity contribution < 1.29 is 9.53 Å². The third-order valence-corrected chi connectivity index (χ3v) is 4.61. The number of anilines is 1. The number of carbonyl (C=O) groups excluding carboxylic acids is 1. The fourth-order valence-corrected chi connectivity index (χ4v) is 3.57. The van der Waals surface area contributed by atoms with Gasteiger partial charge in [-0.2, -0.15) is 0 Å². The van der Waals surface area contributed by atoms with E-state index in [0.717, 1.165) is 28.3 Å². The number of ether oxygens (including phenoxy) is 1. The van der Waals surface area contributed by atoms with E-state index in [1.165, 1.54) is 0 Å². The Labute approximate surface area is 136 Å². The lowest BCUT2D eigenvalue weighted by molar-refractivity contribution is -0.118. The Balaban J connectivity index is 1.73. The zero-order valence-electron chi connectivity index (χ0n) is 12.6. The number of imidazole rings is 1. The van der Waals surface area contributed by atoms with Crippen molar-refractivity contribution >= 4 is 27.9 Å². The molecule has 118 valence electrons. The fraction of sp³-hybridized carbons (Fsp3) is 0.250. The Morgan fingerprint density at radius 3 is 3.22 bits per heavy atom. The highest BCUT2D eigenvalue weighted by atomic mass is 32.1. The standard InChI is InChI=1S/C16H16N4O2S/c1-9(17)4-11-8-23-16-19-13(6-20(11)16)10-2-3-14-12(5-10)18-15(21)7-22-14/h2-3,5-6,8-9H,4,7,17H2,1H3,(H,18,21). The number of rotatable bonds is 3. The number of fused-ring (bicyclic) bond motifs is 2. The number of thiazole rings is 1. The maximum Gasteiger partial charge on any atom is 0.262 e. The minimum Gasteiger partial charge on any atom is -0.482 e. The summed E-state index contributed by atoms with van der Waals surface area (Å²) < 4.78 is 7.47. The van der Waals surface area contributed by atoms with Crippen molar-refractivity contribution in [3.63, 3.8) is 0 Å². The predicted molar refractivity (Wildman–Crippen MR) is 90.0 cm³/mol. The molecule has 3 N–H and O–H groups in total. The maximum absolute atomic E-state index is 11.5. The van der Waals surface area contributed by atoms with Gasteiger partial charge in [0, 0.05) is 35.3 Å². The van der Waals surface area contributed by atoms with Crippen LogP contribution in [0.1, 0.15) is 12.6 Å². The van der Waals surface area contributed by atoms with Crippen LogP contribution in [0.15, 0.2) is 29.8 Å². The third kappa shape index (κ3) is 2.58. The SMILES string of the molecule is CC(N)Cc1csc2nc(-c3ccc4c(c3)NC(=O)CO4)cn12. The highest BCUT2D eigenvalue weighted by Crippen LogP contribution is 2.33. The van der Waals surface area contributed by atoms with E-state index in [0.29, 0.717) is 11.4 Å². The van der Waals surface area contributed by atoms with Gasteiger partial charge >= 0.3 is 0 Å². The zero-order valence-corrected chi connectivity index (χ0v) is 13.4. The molecule has 3 heterocycles. The van der Waals surface area contributed by atoms with E-state index < -0.39 is 0 Å². The Morgan fingerprint density at radius 1 is 1.52 bits per heavy atom. The van der Waals surface area contributed by atoms with Gasteiger partial charge in [0.15, 0.2) is 11.6 Å². The predicted octanol–water partition coefficient (Wildman–Crippen LogP) is 2.28. The minimum atomic E-state index is -0.139. The third-order valence-electron chi connectivity index (χ3n) is 3.72. The van der Waals surface area contributed by atoms with Gasteiger partial charge < -0.3 is 15.8 Å². The number of nitrogens with one attached hydrogen (secondary N) is 1. The van der Waals surface area contributed by atoms with Crippen molar-refractivity contribution in [2.45, 2.75) is 19.4 Å². The first-order chi connectivity index (χ1) is 11.1. The highest BCUT2D eigenvalue weighted by molar-refractivity contribution is 7.15. The Bertz CT molecular complexity index is 897. The molecule has 2 aromatic heterocycles. The average molecular weight is 328 g/mol. The summed E-state index contributed by atoms with van der Waals surface area (Å²) in [6, 6.07) is 5.81. The van der Waals surface area contributed by atoms with Gasteiger partial charge in [-0.15, -0.1) is 11.3 Å². The molecule has 0 fully saturated rings. The van der Waals surface area contributed by atoms with Gasteiger partial charge in [-0.05, 0) is 25.1 Å². The molecule has 1 amide bonds. The normalized spacial score (nSPS) is 15.1. The lowest BCUT2D eigenvalue weighted by Crippen LogP contribution is -2.25. The molecule has 0 aliphatic carbocycles. The van der Waals surface area contributed by atoms with Crippen molar-refractivity contribution in [3.8, 4) is 17.0 Å². The second-order valence-corrected chi connectivity index (χ2v) is 6.57. The Kier molecular flexibility index (Phi) is 3.32. The summed E-state index contributed by atoms with van der Waals surface area (Å²) >= 11 is 1.60. The minimum absolute atomic E-state index is 0.0627. The van der Waals surface area contributed by atoms with Crippen LogP contribution in [0, 0.1) is 0 Å². The van der Waals surface area contributed by atoms with Crippen LogP contribution in [-0.4, -0.2) is 27.9 Å². The molecule has 1 aliphatic heterocycles. The number of hydrogen-bond acceptors (Lipinski definition) is 5. The topological polar surface area (TPSA) is 81.6 Å². The van der Waals surface area contributed by atoms with E-state index in [1.54, 1.807) is 11.3 Å². The molecule has 1 unspecified atom stereocenters. The summed E-state index contributed by atoms with van der Waals surface area (Å²) in [6.45, 7) is 2.06. The molecule has 0 bridgehead atoms. The zero-order chi connectivity index (χ0) is 16.0. The Morgan fingerprint density at radius 2 is 2.39 bits per heavy atom. The number of amides is 1. The molecular weight excluding hydrogens is 312 g/mol. The summed E-state index contributed by atoms with van der Waals surface area (Å²) in [7, 11) is 0. The monoisotopic (exact) mass is 328 g/mol. The molecule has 1 aromatic carbocycles. The van der Waals surface area contributed by atoms with Gasteiger partial charge in [0.25, 0.3) is 5.91 Å². The van der Waals surface area contributed by atoms with Gasteiger partial charge in [-0.3, -0.25) is 9.20 Å². The first-order valence-electron chi connectivity index (χ1n) is 7.38. The molecule has 1 atom stereocenters. The summed E-state index contributed by atoms with van der Waals surface area (Å²) in [5, 5.41) is 4.92. The van der Waals surface area contributed by atoms with Gasteiger partial charge in [0.2, 0.25) is 0 Å². The van der Waals surface area contributed by atoms with Crippen molar-refractivity contribution in [1.82, 2.24) is 9.38 Å². The van der Waals surface area contributed by atoms with E-state index in [9.17, 15) is 4.79 Å². The van der Waals surface area contributed by atoms with Crippen LogP contribution in [0.25, 0.3) is 16.2 Å². The van der Waals surface area contributed by atoms with Crippen molar-refractivity contribution in [1.29, 1.82) is 0 Å². The summed E-state index contributed by atoms with van der Waals surface area (Å²) in [5.41, 5.74) is 9.55. The molecule has 1 aliphatic rings. The van der Waals surface area contributed by atoms with Crippen LogP contribution in [0.2, 0.25) is 0 Å². The highest BCUT2D eigenvalue weighted by Gasteiger charge is 2.17. The van der Waals surface area contributed by atoms with Gasteiger partial charge in [-0.25, -0.2) is 4.98 Å². The molecule has 0 saturated carbocycles. The molecule has 6 nitrogen and oxygen atoms in total. The first kappa shape index (κ1) is 14.2. The Hall–Kier alpha value is -2.38. The van der Waals surface area contributed by atoms with Crippen LogP contribution < -0.4 is 15.8 Å². The quantitative estimate of drug-likeness (QED) is 0.773. The summed E-state index contributed by atoms with van der Waals surface area (Å²) in [5.74, 6) is 0.548. The average Bonchev–Trinajstić information content (AvgIpc) is 3.08. The molecule has 4 rings (SSSR count). The molecule has 3 aromatic rings. The van der Waals surface area contributed by atoms with E-state index in [2.05, 4.69) is 20.1 Å². The van der Waals surface area contributed by atoms with Gasteiger partial charge in [0.05, 0.1) is 11.4 Å². The summed E-state index contributed by atoms with van der Waals surface area (Å²) in [4.78, 5) is 17.1. The lowest BCUT2D eigenvalue weighted by atomic mass is 10.1. The molecule has 0 saturated heterocycles. The molecule has 0 radical (unpaired) electrons. The number of carbonyl (C=O) groups is 1. The van der Waals surface area contributed by atoms with E-state index in [4.69, 9.17) is 10.5 Å². The second-order valence-electron chi connectivity index (χ2n) is 5.73. The van der Waals surface area contributed by atoms with Crippen LogP contribution in [0.4, 0.5) is 5.69 Å². The lowest BCUT2D eigenvalue weighted by Gasteiger charge is -2.18. The first-order valence-corrected chi connectivity index (χ1v) is 8.26. The summed E-state index contributed by atoms with van der Waals surface area (Å²) in [6.07, 6.45) is 2.82. The second kappa shape index (κ2) is 5.36. The fourth-order valence-electron chi connectivity index (χ4n) is 2.69. The van der Waals surface area contributed by atoms with E-state index in [1.807, 2.05) is 31.3 Å². The number of aromatic nitrogens is 2. The largest absolute Gasteiger partial charge is 0.482 e. The molecule has 0 spiro atoms.